The Kier molecular flexibility index (Phi) is 2.30. The van der Waals surface area contributed by atoms with Gasteiger partial charge in [0, 0.05) is 17.4 Å². The van der Waals surface area contributed by atoms with Crippen LogP contribution in [0.2, 0.25) is 0 Å². The maximum atomic E-state index is 12.9. The van der Waals surface area contributed by atoms with E-state index in [-0.39, 0.29) is 5.65 Å². The minimum absolute atomic E-state index is 0.191. The molecule has 0 aliphatic carbocycles. The van der Waals surface area contributed by atoms with Gasteiger partial charge in [0.25, 0.3) is 5.95 Å². The Morgan fingerprint density at radius 3 is 2.81 bits per heavy atom. The summed E-state index contributed by atoms with van der Waals surface area (Å²) in [6.07, 6.45) is 0. The van der Waals surface area contributed by atoms with E-state index in [9.17, 15) is 18.9 Å². The molecule has 7 heteroatoms. The van der Waals surface area contributed by atoms with Crippen LogP contribution in [0.15, 0.2) is 12.1 Å². The molecule has 0 amide bonds. The molecule has 0 atom stereocenters. The van der Waals surface area contributed by atoms with Gasteiger partial charge in [0.1, 0.15) is 5.65 Å². The van der Waals surface area contributed by atoms with Gasteiger partial charge >= 0.3 is 0 Å². The SMILES string of the molecule is Cn1c(C[N+](=O)[O-])cc2cc(F)c(F)nc21. The van der Waals surface area contributed by atoms with E-state index in [0.29, 0.717) is 11.1 Å². The van der Waals surface area contributed by atoms with E-state index in [2.05, 4.69) is 4.98 Å². The molecular formula is C9H7F2N3O2. The van der Waals surface area contributed by atoms with Crippen molar-refractivity contribution in [1.82, 2.24) is 9.55 Å². The summed E-state index contributed by atoms with van der Waals surface area (Å²) in [5, 5.41) is 10.7. The maximum Gasteiger partial charge on any atom is 0.250 e. The summed E-state index contributed by atoms with van der Waals surface area (Å²) in [6, 6.07) is 2.40. The van der Waals surface area contributed by atoms with Gasteiger partial charge in [-0.05, 0) is 12.1 Å². The van der Waals surface area contributed by atoms with Gasteiger partial charge in [-0.2, -0.15) is 9.37 Å². The molecular weight excluding hydrogens is 220 g/mol. The molecule has 2 aromatic rings. The van der Waals surface area contributed by atoms with E-state index in [0.717, 1.165) is 6.07 Å². The summed E-state index contributed by atoms with van der Waals surface area (Å²) in [4.78, 5) is 13.2. The van der Waals surface area contributed by atoms with Crippen molar-refractivity contribution < 1.29 is 13.7 Å². The number of pyridine rings is 1. The maximum absolute atomic E-state index is 12.9. The van der Waals surface area contributed by atoms with E-state index < -0.39 is 23.2 Å². The number of hydrogen-bond donors (Lipinski definition) is 0. The largest absolute Gasteiger partial charge is 0.327 e. The molecule has 0 fully saturated rings. The Morgan fingerprint density at radius 1 is 1.50 bits per heavy atom. The van der Waals surface area contributed by atoms with E-state index in [4.69, 9.17) is 0 Å². The lowest BCUT2D eigenvalue weighted by Gasteiger charge is -1.99. The van der Waals surface area contributed by atoms with Crippen LogP contribution in [-0.4, -0.2) is 14.5 Å². The fraction of sp³-hybridized carbons (Fsp3) is 0.222. The Bertz CT molecular complexity index is 580. The molecule has 2 rings (SSSR count). The molecule has 2 heterocycles. The Morgan fingerprint density at radius 2 is 2.19 bits per heavy atom. The highest BCUT2D eigenvalue weighted by atomic mass is 19.2. The fourth-order valence-corrected chi connectivity index (χ4v) is 1.54. The van der Waals surface area contributed by atoms with Gasteiger partial charge in [0.15, 0.2) is 5.82 Å². The molecule has 0 aliphatic rings. The van der Waals surface area contributed by atoms with E-state index in [1.165, 1.54) is 17.7 Å². The molecule has 0 unspecified atom stereocenters. The molecule has 0 aromatic carbocycles. The normalized spacial score (nSPS) is 10.9. The number of aryl methyl sites for hydroxylation is 1. The van der Waals surface area contributed by atoms with Crippen LogP contribution >= 0.6 is 0 Å². The standard InChI is InChI=1S/C9H7F2N3O2/c1-13-6(4-14(15)16)2-5-3-7(10)8(11)12-9(5)13/h2-3H,4H2,1H3. The Balaban J connectivity index is 2.63. The molecule has 0 saturated heterocycles. The molecule has 5 nitrogen and oxygen atoms in total. The van der Waals surface area contributed by atoms with Gasteiger partial charge in [-0.15, -0.1) is 0 Å². The van der Waals surface area contributed by atoms with Gasteiger partial charge in [0.2, 0.25) is 6.54 Å². The van der Waals surface area contributed by atoms with Crippen molar-refractivity contribution in [2.75, 3.05) is 0 Å². The minimum atomic E-state index is -1.21. The number of fused-ring (bicyclic) bond motifs is 1. The van der Waals surface area contributed by atoms with Crippen LogP contribution in [0, 0.1) is 21.9 Å². The first-order valence-electron chi connectivity index (χ1n) is 4.41. The Hall–Kier alpha value is -2.05. The molecule has 0 aliphatic heterocycles. The van der Waals surface area contributed by atoms with Crippen molar-refractivity contribution in [3.05, 3.63) is 39.7 Å². The van der Waals surface area contributed by atoms with Crippen molar-refractivity contribution in [2.24, 2.45) is 7.05 Å². The molecule has 16 heavy (non-hydrogen) atoms. The molecule has 0 saturated carbocycles. The van der Waals surface area contributed by atoms with Crippen molar-refractivity contribution in [3.8, 4) is 0 Å². The second kappa shape index (κ2) is 3.51. The second-order valence-corrected chi connectivity index (χ2v) is 3.36. The minimum Gasteiger partial charge on any atom is -0.327 e. The molecule has 0 bridgehead atoms. The van der Waals surface area contributed by atoms with Crippen LogP contribution in [0.3, 0.4) is 0 Å². The monoisotopic (exact) mass is 227 g/mol. The van der Waals surface area contributed by atoms with Crippen LogP contribution in [-0.2, 0) is 13.6 Å². The van der Waals surface area contributed by atoms with Crippen LogP contribution < -0.4 is 0 Å². The summed E-state index contributed by atoms with van der Waals surface area (Å²) >= 11 is 0. The average molecular weight is 227 g/mol. The quantitative estimate of drug-likeness (QED) is 0.445. The van der Waals surface area contributed by atoms with Crippen molar-refractivity contribution in [1.29, 1.82) is 0 Å². The number of hydrogen-bond acceptors (Lipinski definition) is 3. The molecule has 84 valence electrons. The number of halogens is 2. The van der Waals surface area contributed by atoms with E-state index in [1.54, 1.807) is 0 Å². The number of rotatable bonds is 2. The zero-order chi connectivity index (χ0) is 11.9. The highest BCUT2D eigenvalue weighted by molar-refractivity contribution is 5.77. The number of aromatic nitrogens is 2. The summed E-state index contributed by atoms with van der Waals surface area (Å²) in [5.74, 6) is -2.27. The molecule has 0 N–H and O–H groups in total. The average Bonchev–Trinajstić information content (AvgIpc) is 2.45. The molecule has 0 radical (unpaired) electrons. The summed E-state index contributed by atoms with van der Waals surface area (Å²) in [6.45, 7) is -0.407. The first-order valence-corrected chi connectivity index (χ1v) is 4.41. The van der Waals surface area contributed by atoms with Crippen LogP contribution in [0.4, 0.5) is 8.78 Å². The zero-order valence-corrected chi connectivity index (χ0v) is 8.28. The van der Waals surface area contributed by atoms with Crippen LogP contribution in [0.1, 0.15) is 5.69 Å². The van der Waals surface area contributed by atoms with Gasteiger partial charge in [0.05, 0.1) is 5.69 Å². The lowest BCUT2D eigenvalue weighted by atomic mass is 10.3. The van der Waals surface area contributed by atoms with Crippen molar-refractivity contribution >= 4 is 11.0 Å². The highest BCUT2D eigenvalue weighted by Gasteiger charge is 2.14. The molecule has 2 aromatic heterocycles. The highest BCUT2D eigenvalue weighted by Crippen LogP contribution is 2.19. The van der Waals surface area contributed by atoms with Gasteiger partial charge < -0.3 is 4.57 Å². The first kappa shape index (κ1) is 10.5. The summed E-state index contributed by atoms with van der Waals surface area (Å²) in [7, 11) is 1.52. The van der Waals surface area contributed by atoms with Gasteiger partial charge in [-0.3, -0.25) is 10.1 Å². The second-order valence-electron chi connectivity index (χ2n) is 3.36. The third kappa shape index (κ3) is 1.60. The zero-order valence-electron chi connectivity index (χ0n) is 8.28. The lowest BCUT2D eigenvalue weighted by molar-refractivity contribution is -0.497. The number of nitrogens with zero attached hydrogens (tertiary/aromatic N) is 3. The molecule has 0 spiro atoms. The Labute approximate surface area is 88.5 Å². The predicted molar refractivity (Wildman–Crippen MR) is 51.3 cm³/mol. The number of nitro groups is 1. The lowest BCUT2D eigenvalue weighted by Crippen LogP contribution is -2.04. The summed E-state index contributed by atoms with van der Waals surface area (Å²) < 4.78 is 27.1. The van der Waals surface area contributed by atoms with Gasteiger partial charge in [-0.25, -0.2) is 4.39 Å². The fourth-order valence-electron chi connectivity index (χ4n) is 1.54. The van der Waals surface area contributed by atoms with Crippen LogP contribution in [0.5, 0.6) is 0 Å². The summed E-state index contributed by atoms with van der Waals surface area (Å²) in [5.41, 5.74) is 0.535. The predicted octanol–water partition coefficient (Wildman–Crippen LogP) is 1.63. The third-order valence-electron chi connectivity index (χ3n) is 2.30. The van der Waals surface area contributed by atoms with E-state index in [1.807, 2.05) is 0 Å². The first-order chi connectivity index (χ1) is 7.49. The van der Waals surface area contributed by atoms with Crippen molar-refractivity contribution in [2.45, 2.75) is 6.54 Å². The topological polar surface area (TPSA) is 61.0 Å². The van der Waals surface area contributed by atoms with Gasteiger partial charge in [-0.1, -0.05) is 0 Å². The smallest absolute Gasteiger partial charge is 0.250 e. The van der Waals surface area contributed by atoms with E-state index >= 15 is 0 Å². The van der Waals surface area contributed by atoms with Crippen molar-refractivity contribution in [3.63, 3.8) is 0 Å². The third-order valence-corrected chi connectivity index (χ3v) is 2.30. The van der Waals surface area contributed by atoms with Crippen LogP contribution in [0.25, 0.3) is 11.0 Å².